The molecular formula is C10H12BN3O3. The van der Waals surface area contributed by atoms with Gasteiger partial charge in [-0.3, -0.25) is 0 Å². The smallest absolute Gasteiger partial charge is 0.422 e. The molecule has 17 heavy (non-hydrogen) atoms. The normalized spacial score (nSPS) is 10.5. The number of methoxy groups -OCH3 is 1. The Hall–Kier alpha value is -1.70. The van der Waals surface area contributed by atoms with Crippen molar-refractivity contribution in [2.24, 2.45) is 0 Å². The predicted octanol–water partition coefficient (Wildman–Crippen LogP) is -0.907. The molecule has 6 nitrogen and oxygen atoms in total. The summed E-state index contributed by atoms with van der Waals surface area (Å²) in [6.07, 6.45) is 1.62. The summed E-state index contributed by atoms with van der Waals surface area (Å²) in [5.74, 6) is 0.603. The molecule has 0 atom stereocenters. The summed E-state index contributed by atoms with van der Waals surface area (Å²) >= 11 is 0. The number of ether oxygens (including phenoxy) is 1. The van der Waals surface area contributed by atoms with Gasteiger partial charge < -0.3 is 14.8 Å². The van der Waals surface area contributed by atoms with Crippen LogP contribution in [-0.2, 0) is 11.3 Å². The molecule has 0 spiro atoms. The average molecular weight is 233 g/mol. The molecule has 0 radical (unpaired) electrons. The molecule has 0 aliphatic heterocycles. The second-order valence-electron chi connectivity index (χ2n) is 3.48. The molecule has 0 aromatic carbocycles. The SMILES string of the molecule is COCc1cccc(-n2ccc(B(O)O)n2)n1. The Balaban J connectivity index is 2.28. The van der Waals surface area contributed by atoms with E-state index in [1.165, 1.54) is 10.7 Å². The van der Waals surface area contributed by atoms with E-state index in [2.05, 4.69) is 10.1 Å². The molecule has 0 bridgehead atoms. The van der Waals surface area contributed by atoms with Crippen LogP contribution in [0.4, 0.5) is 0 Å². The van der Waals surface area contributed by atoms with Crippen molar-refractivity contribution in [2.75, 3.05) is 7.11 Å². The third-order valence-electron chi connectivity index (χ3n) is 2.19. The fraction of sp³-hybridized carbons (Fsp3) is 0.200. The van der Waals surface area contributed by atoms with Crippen LogP contribution in [0, 0.1) is 0 Å². The van der Waals surface area contributed by atoms with Gasteiger partial charge in [0.2, 0.25) is 0 Å². The van der Waals surface area contributed by atoms with Crippen molar-refractivity contribution in [2.45, 2.75) is 6.61 Å². The molecule has 2 heterocycles. The first-order valence-corrected chi connectivity index (χ1v) is 5.07. The minimum Gasteiger partial charge on any atom is -0.422 e. The molecule has 88 valence electrons. The Morgan fingerprint density at radius 1 is 1.35 bits per heavy atom. The zero-order valence-corrected chi connectivity index (χ0v) is 9.32. The molecular weight excluding hydrogens is 221 g/mol. The first kappa shape index (κ1) is 11.8. The van der Waals surface area contributed by atoms with Gasteiger partial charge in [-0.25, -0.2) is 9.67 Å². The summed E-state index contributed by atoms with van der Waals surface area (Å²) < 4.78 is 6.47. The Labute approximate surface area is 98.6 Å². The maximum atomic E-state index is 8.96. The van der Waals surface area contributed by atoms with E-state index < -0.39 is 7.12 Å². The van der Waals surface area contributed by atoms with Gasteiger partial charge in [-0.05, 0) is 18.2 Å². The van der Waals surface area contributed by atoms with Crippen molar-refractivity contribution < 1.29 is 14.8 Å². The van der Waals surface area contributed by atoms with Crippen LogP contribution in [0.25, 0.3) is 5.82 Å². The third kappa shape index (κ3) is 2.70. The number of aromatic nitrogens is 3. The average Bonchev–Trinajstić information content (AvgIpc) is 2.79. The summed E-state index contributed by atoms with van der Waals surface area (Å²) in [7, 11) is 0.0288. The molecule has 0 fully saturated rings. The van der Waals surface area contributed by atoms with Crippen LogP contribution in [-0.4, -0.2) is 39.0 Å². The maximum absolute atomic E-state index is 8.96. The Morgan fingerprint density at radius 3 is 2.82 bits per heavy atom. The molecule has 2 aromatic heterocycles. The summed E-state index contributed by atoms with van der Waals surface area (Å²) in [6.45, 7) is 0.421. The van der Waals surface area contributed by atoms with Crippen molar-refractivity contribution in [3.05, 3.63) is 36.2 Å². The van der Waals surface area contributed by atoms with Crippen LogP contribution in [0.15, 0.2) is 30.5 Å². The molecule has 2 aromatic rings. The number of nitrogens with zero attached hydrogens (tertiary/aromatic N) is 3. The minimum absolute atomic E-state index is 0.184. The maximum Gasteiger partial charge on any atom is 0.510 e. The Morgan fingerprint density at radius 2 is 2.18 bits per heavy atom. The lowest BCUT2D eigenvalue weighted by molar-refractivity contribution is 0.181. The highest BCUT2D eigenvalue weighted by Crippen LogP contribution is 2.04. The molecule has 0 saturated heterocycles. The fourth-order valence-electron chi connectivity index (χ4n) is 1.43. The predicted molar refractivity (Wildman–Crippen MR) is 61.9 cm³/mol. The largest absolute Gasteiger partial charge is 0.510 e. The lowest BCUT2D eigenvalue weighted by Crippen LogP contribution is -2.31. The quantitative estimate of drug-likeness (QED) is 0.668. The monoisotopic (exact) mass is 233 g/mol. The highest BCUT2D eigenvalue weighted by molar-refractivity contribution is 6.57. The second kappa shape index (κ2) is 5.09. The van der Waals surface area contributed by atoms with Gasteiger partial charge in [0.1, 0.15) is 0 Å². The zero-order valence-electron chi connectivity index (χ0n) is 9.32. The van der Waals surface area contributed by atoms with Crippen LogP contribution in [0.3, 0.4) is 0 Å². The molecule has 0 unspecified atom stereocenters. The highest BCUT2D eigenvalue weighted by atomic mass is 16.5. The molecule has 0 saturated carbocycles. The number of hydrogen-bond donors (Lipinski definition) is 2. The molecule has 2 N–H and O–H groups in total. The third-order valence-corrected chi connectivity index (χ3v) is 2.19. The lowest BCUT2D eigenvalue weighted by atomic mass is 9.87. The van der Waals surface area contributed by atoms with Crippen molar-refractivity contribution in [3.63, 3.8) is 0 Å². The second-order valence-corrected chi connectivity index (χ2v) is 3.48. The van der Waals surface area contributed by atoms with Crippen LogP contribution in [0.5, 0.6) is 0 Å². The first-order valence-electron chi connectivity index (χ1n) is 5.07. The number of hydrogen-bond acceptors (Lipinski definition) is 5. The highest BCUT2D eigenvalue weighted by Gasteiger charge is 2.15. The van der Waals surface area contributed by atoms with Crippen molar-refractivity contribution >= 4 is 12.7 Å². The standard InChI is InChI=1S/C10H12BN3O3/c1-17-7-8-3-2-4-10(12-8)14-6-5-9(13-14)11(15)16/h2-6,15-16H,7H2,1H3. The van der Waals surface area contributed by atoms with Crippen LogP contribution < -0.4 is 5.59 Å². The Bertz CT molecular complexity index is 501. The van der Waals surface area contributed by atoms with E-state index in [0.29, 0.717) is 12.4 Å². The summed E-state index contributed by atoms with van der Waals surface area (Å²) in [4.78, 5) is 4.32. The van der Waals surface area contributed by atoms with Gasteiger partial charge in [-0.15, -0.1) is 0 Å². The Kier molecular flexibility index (Phi) is 3.53. The summed E-state index contributed by atoms with van der Waals surface area (Å²) in [6, 6.07) is 6.99. The van der Waals surface area contributed by atoms with E-state index in [1.54, 1.807) is 19.4 Å². The van der Waals surface area contributed by atoms with Crippen molar-refractivity contribution in [1.82, 2.24) is 14.8 Å². The van der Waals surface area contributed by atoms with E-state index in [-0.39, 0.29) is 5.59 Å². The van der Waals surface area contributed by atoms with Gasteiger partial charge in [-0.2, -0.15) is 5.10 Å². The summed E-state index contributed by atoms with van der Waals surface area (Å²) in [5.41, 5.74) is 0.968. The van der Waals surface area contributed by atoms with Gasteiger partial charge >= 0.3 is 7.12 Å². The minimum atomic E-state index is -1.57. The topological polar surface area (TPSA) is 80.4 Å². The molecule has 0 aliphatic rings. The van der Waals surface area contributed by atoms with E-state index in [1.807, 2.05) is 12.1 Å². The van der Waals surface area contributed by atoms with E-state index in [9.17, 15) is 0 Å². The van der Waals surface area contributed by atoms with Gasteiger partial charge in [0.05, 0.1) is 17.9 Å². The van der Waals surface area contributed by atoms with E-state index >= 15 is 0 Å². The van der Waals surface area contributed by atoms with Crippen LogP contribution >= 0.6 is 0 Å². The van der Waals surface area contributed by atoms with E-state index in [0.717, 1.165) is 5.69 Å². The van der Waals surface area contributed by atoms with Gasteiger partial charge in [0.25, 0.3) is 0 Å². The van der Waals surface area contributed by atoms with Crippen molar-refractivity contribution in [3.8, 4) is 5.82 Å². The van der Waals surface area contributed by atoms with Gasteiger partial charge in [0, 0.05) is 13.3 Å². The number of pyridine rings is 1. The van der Waals surface area contributed by atoms with Gasteiger partial charge in [-0.1, -0.05) is 6.07 Å². The van der Waals surface area contributed by atoms with E-state index in [4.69, 9.17) is 14.8 Å². The fourth-order valence-corrected chi connectivity index (χ4v) is 1.43. The molecule has 2 rings (SSSR count). The first-order chi connectivity index (χ1) is 8.20. The zero-order chi connectivity index (χ0) is 12.3. The van der Waals surface area contributed by atoms with Crippen molar-refractivity contribution in [1.29, 1.82) is 0 Å². The van der Waals surface area contributed by atoms with Crippen LogP contribution in [0.2, 0.25) is 0 Å². The van der Waals surface area contributed by atoms with Gasteiger partial charge in [0.15, 0.2) is 5.82 Å². The van der Waals surface area contributed by atoms with Crippen LogP contribution in [0.1, 0.15) is 5.69 Å². The summed E-state index contributed by atoms with van der Waals surface area (Å²) in [5, 5.41) is 21.9. The number of rotatable bonds is 4. The molecule has 7 heteroatoms. The molecule has 0 aliphatic carbocycles. The lowest BCUT2D eigenvalue weighted by Gasteiger charge is -2.03. The molecule has 0 amide bonds.